The van der Waals surface area contributed by atoms with E-state index < -0.39 is 0 Å². The fourth-order valence-corrected chi connectivity index (χ4v) is 3.10. The van der Waals surface area contributed by atoms with Gasteiger partial charge < -0.3 is 10.2 Å². The van der Waals surface area contributed by atoms with Crippen LogP contribution < -0.4 is 5.32 Å². The minimum Gasteiger partial charge on any atom is -0.313 e. The minimum absolute atomic E-state index is 0.746. The topological polar surface area (TPSA) is 15.3 Å². The van der Waals surface area contributed by atoms with E-state index in [1.54, 1.807) is 0 Å². The summed E-state index contributed by atoms with van der Waals surface area (Å²) < 4.78 is 0. The van der Waals surface area contributed by atoms with Gasteiger partial charge in [-0.1, -0.05) is 20.3 Å². The molecule has 1 heterocycles. The predicted molar refractivity (Wildman–Crippen MR) is 65.1 cm³/mol. The second-order valence-corrected chi connectivity index (χ2v) is 5.53. The molecule has 2 nitrogen and oxygen atoms in total. The molecule has 0 aromatic rings. The molecular weight excluding hydrogens is 184 g/mol. The number of likely N-dealkylation sites (tertiary alicyclic amines) is 1. The van der Waals surface area contributed by atoms with Crippen LogP contribution in [0.5, 0.6) is 0 Å². The normalized spacial score (nSPS) is 29.6. The molecule has 0 bridgehead atoms. The molecule has 1 atom stereocenters. The van der Waals surface area contributed by atoms with Gasteiger partial charge in [-0.2, -0.15) is 0 Å². The lowest BCUT2D eigenvalue weighted by atomic mass is 10.0. The summed E-state index contributed by atoms with van der Waals surface area (Å²) in [5, 5.41) is 3.57. The van der Waals surface area contributed by atoms with E-state index in [2.05, 4.69) is 24.1 Å². The lowest BCUT2D eigenvalue weighted by molar-refractivity contribution is 0.247. The molecule has 2 fully saturated rings. The van der Waals surface area contributed by atoms with Crippen molar-refractivity contribution in [1.29, 1.82) is 0 Å². The zero-order chi connectivity index (χ0) is 10.7. The molecule has 1 N–H and O–H groups in total. The monoisotopic (exact) mass is 210 g/mol. The first-order valence-electron chi connectivity index (χ1n) is 6.74. The van der Waals surface area contributed by atoms with Crippen molar-refractivity contribution in [3.63, 3.8) is 0 Å². The van der Waals surface area contributed by atoms with E-state index in [9.17, 15) is 0 Å². The summed E-state index contributed by atoms with van der Waals surface area (Å²) in [6.45, 7) is 9.65. The average molecular weight is 210 g/mol. The molecule has 1 aliphatic heterocycles. The Morgan fingerprint density at radius 3 is 2.73 bits per heavy atom. The summed E-state index contributed by atoms with van der Waals surface area (Å²) in [6.07, 6.45) is 7.16. The van der Waals surface area contributed by atoms with E-state index in [-0.39, 0.29) is 0 Å². The Hall–Kier alpha value is -0.0800. The zero-order valence-electron chi connectivity index (χ0n) is 10.4. The van der Waals surface area contributed by atoms with Crippen LogP contribution >= 0.6 is 0 Å². The fourth-order valence-electron chi connectivity index (χ4n) is 3.10. The summed E-state index contributed by atoms with van der Waals surface area (Å²) in [7, 11) is 0. The van der Waals surface area contributed by atoms with Gasteiger partial charge >= 0.3 is 0 Å². The largest absolute Gasteiger partial charge is 0.313 e. The van der Waals surface area contributed by atoms with Crippen molar-refractivity contribution in [2.24, 2.45) is 5.41 Å². The van der Waals surface area contributed by atoms with E-state index in [4.69, 9.17) is 0 Å². The van der Waals surface area contributed by atoms with Gasteiger partial charge in [0.05, 0.1) is 0 Å². The molecule has 2 aliphatic rings. The predicted octanol–water partition coefficient (Wildman–Crippen LogP) is 2.25. The Bertz CT molecular complexity index is 199. The third kappa shape index (κ3) is 2.94. The summed E-state index contributed by atoms with van der Waals surface area (Å²) in [4.78, 5) is 2.69. The van der Waals surface area contributed by atoms with Crippen molar-refractivity contribution >= 4 is 0 Å². The first-order chi connectivity index (χ1) is 7.28. The van der Waals surface area contributed by atoms with Crippen LogP contribution in [-0.4, -0.2) is 37.1 Å². The number of likely N-dealkylation sites (N-methyl/N-ethyl adjacent to an activating group) is 1. The van der Waals surface area contributed by atoms with Crippen LogP contribution in [0.2, 0.25) is 0 Å². The molecule has 0 aromatic heterocycles. The molecule has 0 amide bonds. The van der Waals surface area contributed by atoms with Crippen LogP contribution in [0.15, 0.2) is 0 Å². The van der Waals surface area contributed by atoms with Crippen molar-refractivity contribution < 1.29 is 0 Å². The third-order valence-electron chi connectivity index (χ3n) is 4.06. The van der Waals surface area contributed by atoms with Gasteiger partial charge in [0.25, 0.3) is 0 Å². The first kappa shape index (κ1) is 11.4. The first-order valence-corrected chi connectivity index (χ1v) is 6.74. The smallest absolute Gasteiger partial charge is 0.0207 e. The highest BCUT2D eigenvalue weighted by Crippen LogP contribution is 2.50. The lowest BCUT2D eigenvalue weighted by Crippen LogP contribution is -2.34. The van der Waals surface area contributed by atoms with Gasteiger partial charge in [-0.3, -0.25) is 0 Å². The van der Waals surface area contributed by atoms with Crippen molar-refractivity contribution in [2.45, 2.75) is 52.0 Å². The quantitative estimate of drug-likeness (QED) is 0.723. The highest BCUT2D eigenvalue weighted by atomic mass is 15.2. The maximum Gasteiger partial charge on any atom is 0.0207 e. The van der Waals surface area contributed by atoms with Gasteiger partial charge in [-0.15, -0.1) is 0 Å². The average Bonchev–Trinajstić information content (AvgIpc) is 2.80. The zero-order valence-corrected chi connectivity index (χ0v) is 10.4. The van der Waals surface area contributed by atoms with Crippen LogP contribution in [0, 0.1) is 5.41 Å². The Morgan fingerprint density at radius 1 is 1.33 bits per heavy atom. The van der Waals surface area contributed by atoms with Crippen molar-refractivity contribution in [3.05, 3.63) is 0 Å². The molecule has 2 rings (SSSR count). The number of hydrogen-bond donors (Lipinski definition) is 1. The Balaban J connectivity index is 1.72. The molecule has 15 heavy (non-hydrogen) atoms. The Kier molecular flexibility index (Phi) is 3.68. The second kappa shape index (κ2) is 4.84. The van der Waals surface area contributed by atoms with Crippen molar-refractivity contribution in [2.75, 3.05) is 26.2 Å². The fraction of sp³-hybridized carbons (Fsp3) is 1.00. The minimum atomic E-state index is 0.746. The van der Waals surface area contributed by atoms with Gasteiger partial charge in [0.2, 0.25) is 0 Å². The number of rotatable bonds is 6. The van der Waals surface area contributed by atoms with E-state index in [0.717, 1.165) is 18.0 Å². The Labute approximate surface area is 94.4 Å². The van der Waals surface area contributed by atoms with E-state index in [1.165, 1.54) is 51.7 Å². The number of nitrogens with zero attached hydrogens (tertiary/aromatic N) is 1. The standard InChI is InChI=1S/C13H26N2/c1-3-6-13(7-8-13)11-15-9-5-12(10-15)14-4-2/h12,14H,3-11H2,1-2H3. The van der Waals surface area contributed by atoms with Gasteiger partial charge in [0.1, 0.15) is 0 Å². The molecule has 1 aliphatic carbocycles. The molecule has 0 aromatic carbocycles. The maximum atomic E-state index is 3.57. The van der Waals surface area contributed by atoms with E-state index in [1.807, 2.05) is 0 Å². The number of hydrogen-bond acceptors (Lipinski definition) is 2. The lowest BCUT2D eigenvalue weighted by Gasteiger charge is -2.23. The van der Waals surface area contributed by atoms with Crippen molar-refractivity contribution in [3.8, 4) is 0 Å². The molecule has 1 unspecified atom stereocenters. The summed E-state index contributed by atoms with van der Waals surface area (Å²) in [6, 6.07) is 0.771. The third-order valence-corrected chi connectivity index (χ3v) is 4.06. The van der Waals surface area contributed by atoms with Crippen LogP contribution in [0.1, 0.15) is 46.0 Å². The number of nitrogens with one attached hydrogen (secondary N) is 1. The highest BCUT2D eigenvalue weighted by molar-refractivity contribution is 4.96. The molecule has 1 saturated carbocycles. The molecule has 88 valence electrons. The van der Waals surface area contributed by atoms with Crippen molar-refractivity contribution in [1.82, 2.24) is 10.2 Å². The van der Waals surface area contributed by atoms with Gasteiger partial charge in [0.15, 0.2) is 0 Å². The summed E-state index contributed by atoms with van der Waals surface area (Å²) >= 11 is 0. The van der Waals surface area contributed by atoms with Gasteiger partial charge in [0, 0.05) is 19.1 Å². The Morgan fingerprint density at radius 2 is 2.13 bits per heavy atom. The maximum absolute atomic E-state index is 3.57. The molecule has 0 spiro atoms. The molecule has 1 saturated heterocycles. The second-order valence-electron chi connectivity index (χ2n) is 5.53. The van der Waals surface area contributed by atoms with E-state index in [0.29, 0.717) is 0 Å². The molecular formula is C13H26N2. The SMILES string of the molecule is CCCC1(CN2CCC(NCC)C2)CC1. The summed E-state index contributed by atoms with van der Waals surface area (Å²) in [5.41, 5.74) is 0.746. The molecule has 2 heteroatoms. The van der Waals surface area contributed by atoms with Crippen LogP contribution in [-0.2, 0) is 0 Å². The van der Waals surface area contributed by atoms with Crippen LogP contribution in [0.25, 0.3) is 0 Å². The van der Waals surface area contributed by atoms with E-state index >= 15 is 0 Å². The highest BCUT2D eigenvalue weighted by Gasteiger charge is 2.43. The van der Waals surface area contributed by atoms with Crippen LogP contribution in [0.4, 0.5) is 0 Å². The molecule has 0 radical (unpaired) electrons. The van der Waals surface area contributed by atoms with Gasteiger partial charge in [-0.25, -0.2) is 0 Å². The van der Waals surface area contributed by atoms with Crippen LogP contribution in [0.3, 0.4) is 0 Å². The summed E-state index contributed by atoms with van der Waals surface area (Å²) in [5.74, 6) is 0. The van der Waals surface area contributed by atoms with Gasteiger partial charge in [-0.05, 0) is 44.2 Å².